The molecule has 1 unspecified atom stereocenters. The van der Waals surface area contributed by atoms with Gasteiger partial charge >= 0.3 is 5.97 Å². The number of ether oxygens (including phenoxy) is 2. The summed E-state index contributed by atoms with van der Waals surface area (Å²) in [6.07, 6.45) is 3.08. The van der Waals surface area contributed by atoms with Gasteiger partial charge in [0.2, 0.25) is 0 Å². The van der Waals surface area contributed by atoms with Crippen molar-refractivity contribution in [1.29, 1.82) is 0 Å². The Morgan fingerprint density at radius 2 is 1.93 bits per heavy atom. The average molecular weight is 410 g/mol. The van der Waals surface area contributed by atoms with Crippen molar-refractivity contribution in [2.75, 3.05) is 7.11 Å². The molecule has 1 aromatic rings. The third-order valence-corrected chi connectivity index (χ3v) is 6.45. The summed E-state index contributed by atoms with van der Waals surface area (Å²) in [5.41, 5.74) is 4.69. The van der Waals surface area contributed by atoms with Crippen LogP contribution >= 0.6 is 0 Å². The molecule has 0 saturated heterocycles. The summed E-state index contributed by atoms with van der Waals surface area (Å²) < 4.78 is 11.3. The fourth-order valence-electron chi connectivity index (χ4n) is 5.01. The number of ketones is 1. The van der Waals surface area contributed by atoms with E-state index in [0.717, 1.165) is 47.5 Å². The van der Waals surface area contributed by atoms with Crippen LogP contribution in [0, 0.1) is 5.41 Å². The molecular weight excluding hydrogens is 378 g/mol. The minimum atomic E-state index is -0.419. The number of Topliss-reactive ketones (excluding diaryl/α,β-unsaturated/α-hetero) is 1. The molecule has 1 aromatic carbocycles. The van der Waals surface area contributed by atoms with Crippen LogP contribution in [0.2, 0.25) is 0 Å². The molecule has 0 radical (unpaired) electrons. The minimum absolute atomic E-state index is 0.0998. The molecule has 3 aliphatic rings. The maximum Gasteiger partial charge on any atom is 0.336 e. The molecule has 0 aromatic heterocycles. The van der Waals surface area contributed by atoms with E-state index in [1.807, 2.05) is 19.1 Å². The van der Waals surface area contributed by atoms with Crippen molar-refractivity contribution in [1.82, 2.24) is 5.32 Å². The number of aryl methyl sites for hydroxylation is 1. The van der Waals surface area contributed by atoms with E-state index in [4.69, 9.17) is 9.47 Å². The van der Waals surface area contributed by atoms with Crippen molar-refractivity contribution in [3.05, 3.63) is 51.9 Å². The number of carbonyl (C=O) groups is 2. The molecule has 0 bridgehead atoms. The van der Waals surface area contributed by atoms with Crippen LogP contribution in [-0.2, 0) is 20.7 Å². The van der Waals surface area contributed by atoms with Gasteiger partial charge in [-0.1, -0.05) is 26.0 Å². The quantitative estimate of drug-likeness (QED) is 0.725. The Balaban J connectivity index is 1.85. The molecule has 160 valence electrons. The Morgan fingerprint density at radius 3 is 2.63 bits per heavy atom. The van der Waals surface area contributed by atoms with E-state index in [9.17, 15) is 9.59 Å². The summed E-state index contributed by atoms with van der Waals surface area (Å²) in [6, 6.07) is 6.08. The second-order valence-electron chi connectivity index (χ2n) is 10.2. The number of carbonyl (C=O) groups excluding carboxylic acids is 2. The van der Waals surface area contributed by atoms with Crippen molar-refractivity contribution < 1.29 is 19.1 Å². The van der Waals surface area contributed by atoms with Crippen molar-refractivity contribution >= 4 is 11.8 Å². The molecule has 0 saturated carbocycles. The molecule has 1 N–H and O–H groups in total. The van der Waals surface area contributed by atoms with Crippen LogP contribution in [0.5, 0.6) is 5.75 Å². The zero-order valence-electron chi connectivity index (χ0n) is 18.8. The first kappa shape index (κ1) is 20.7. The molecule has 1 atom stereocenters. The van der Waals surface area contributed by atoms with E-state index in [-0.39, 0.29) is 16.8 Å². The summed E-state index contributed by atoms with van der Waals surface area (Å²) >= 11 is 0. The van der Waals surface area contributed by atoms with Crippen LogP contribution < -0.4 is 10.1 Å². The van der Waals surface area contributed by atoms with Crippen LogP contribution in [0.25, 0.3) is 0 Å². The first-order chi connectivity index (χ1) is 14.0. The predicted octanol–water partition coefficient (Wildman–Crippen LogP) is 4.57. The number of rotatable bonds is 2. The van der Waals surface area contributed by atoms with Gasteiger partial charge in [0.15, 0.2) is 5.78 Å². The lowest BCUT2D eigenvalue weighted by molar-refractivity contribution is -0.136. The molecule has 1 aliphatic carbocycles. The second-order valence-corrected chi connectivity index (χ2v) is 10.2. The number of fused-ring (bicyclic) bond motifs is 1. The number of nitrogens with one attached hydrogen (secondary N) is 1. The second kappa shape index (κ2) is 7.00. The first-order valence-corrected chi connectivity index (χ1v) is 10.7. The third-order valence-electron chi connectivity index (χ3n) is 6.45. The number of allylic oxidation sites excluding steroid dienone is 3. The Hall–Kier alpha value is -2.56. The zero-order chi connectivity index (χ0) is 21.8. The standard InChI is InChI=1S/C25H31NO4/c1-14-20(23(28)29-6)21(22-17(26-14)12-24(2,3)13-18(22)27)16-7-8-19-15(11-16)9-10-25(4,5)30-19/h7-8,11,21,26H,9-10,12-13H2,1-6H3. The van der Waals surface area contributed by atoms with E-state index in [2.05, 4.69) is 39.1 Å². The molecule has 2 heterocycles. The van der Waals surface area contributed by atoms with Gasteiger partial charge < -0.3 is 14.8 Å². The van der Waals surface area contributed by atoms with Gasteiger partial charge in [-0.2, -0.15) is 0 Å². The van der Waals surface area contributed by atoms with Gasteiger partial charge in [0.05, 0.1) is 12.7 Å². The van der Waals surface area contributed by atoms with Gasteiger partial charge in [-0.25, -0.2) is 4.79 Å². The molecule has 0 amide bonds. The highest BCUT2D eigenvalue weighted by Gasteiger charge is 2.43. The summed E-state index contributed by atoms with van der Waals surface area (Å²) in [5.74, 6) is 0.166. The van der Waals surface area contributed by atoms with Crippen molar-refractivity contribution in [3.8, 4) is 5.75 Å². The fourth-order valence-corrected chi connectivity index (χ4v) is 5.01. The largest absolute Gasteiger partial charge is 0.488 e. The lowest BCUT2D eigenvalue weighted by Crippen LogP contribution is -2.38. The molecule has 4 rings (SSSR count). The first-order valence-electron chi connectivity index (χ1n) is 10.7. The Kier molecular flexibility index (Phi) is 4.83. The summed E-state index contributed by atoms with van der Waals surface area (Å²) in [7, 11) is 1.39. The highest BCUT2D eigenvalue weighted by molar-refractivity contribution is 6.04. The van der Waals surface area contributed by atoms with Crippen LogP contribution in [0.4, 0.5) is 0 Å². The number of hydrogen-bond acceptors (Lipinski definition) is 5. The highest BCUT2D eigenvalue weighted by atomic mass is 16.5. The minimum Gasteiger partial charge on any atom is -0.488 e. The van der Waals surface area contributed by atoms with Crippen LogP contribution in [0.15, 0.2) is 40.7 Å². The molecule has 5 nitrogen and oxygen atoms in total. The monoisotopic (exact) mass is 409 g/mol. The number of methoxy groups -OCH3 is 1. The topological polar surface area (TPSA) is 64.6 Å². The zero-order valence-corrected chi connectivity index (χ0v) is 18.8. The number of benzene rings is 1. The van der Waals surface area contributed by atoms with Gasteiger partial charge in [-0.05, 0) is 62.6 Å². The highest BCUT2D eigenvalue weighted by Crippen LogP contribution is 2.47. The van der Waals surface area contributed by atoms with E-state index >= 15 is 0 Å². The van der Waals surface area contributed by atoms with Crippen LogP contribution in [0.3, 0.4) is 0 Å². The van der Waals surface area contributed by atoms with Crippen molar-refractivity contribution in [3.63, 3.8) is 0 Å². The number of dihydropyridines is 1. The van der Waals surface area contributed by atoms with E-state index in [0.29, 0.717) is 17.6 Å². The summed E-state index contributed by atoms with van der Waals surface area (Å²) in [5, 5.41) is 3.36. The SMILES string of the molecule is COC(=O)C1=C(C)NC2=C(C(=O)CC(C)(C)C2)C1c1ccc2c(c1)CCC(C)(C)O2. The smallest absolute Gasteiger partial charge is 0.336 e. The van der Waals surface area contributed by atoms with Crippen molar-refractivity contribution in [2.24, 2.45) is 5.41 Å². The van der Waals surface area contributed by atoms with Gasteiger partial charge in [-0.15, -0.1) is 0 Å². The lowest BCUT2D eigenvalue weighted by Gasteiger charge is -2.39. The number of hydrogen-bond donors (Lipinski definition) is 1. The molecule has 30 heavy (non-hydrogen) atoms. The van der Waals surface area contributed by atoms with Gasteiger partial charge in [0, 0.05) is 29.3 Å². The Bertz CT molecular complexity index is 996. The molecule has 0 spiro atoms. The predicted molar refractivity (Wildman–Crippen MR) is 115 cm³/mol. The molecule has 5 heteroatoms. The van der Waals surface area contributed by atoms with Gasteiger partial charge in [-0.3, -0.25) is 4.79 Å². The fraction of sp³-hybridized carbons (Fsp3) is 0.520. The molecule has 0 fully saturated rings. The van der Waals surface area contributed by atoms with E-state index in [1.54, 1.807) is 0 Å². The van der Waals surface area contributed by atoms with Crippen molar-refractivity contribution in [2.45, 2.75) is 71.8 Å². The molecule has 2 aliphatic heterocycles. The summed E-state index contributed by atoms with van der Waals surface area (Å²) in [6.45, 7) is 10.3. The molecular formula is C25H31NO4. The maximum absolute atomic E-state index is 13.3. The van der Waals surface area contributed by atoms with Crippen LogP contribution in [-0.4, -0.2) is 24.5 Å². The summed E-state index contributed by atoms with van der Waals surface area (Å²) in [4.78, 5) is 26.0. The third kappa shape index (κ3) is 3.55. The van der Waals surface area contributed by atoms with Crippen LogP contribution in [0.1, 0.15) is 70.9 Å². The maximum atomic E-state index is 13.3. The van der Waals surface area contributed by atoms with E-state index < -0.39 is 11.9 Å². The Morgan fingerprint density at radius 1 is 1.20 bits per heavy atom. The van der Waals surface area contributed by atoms with Gasteiger partial charge in [0.1, 0.15) is 11.4 Å². The lowest BCUT2D eigenvalue weighted by atomic mass is 9.68. The van der Waals surface area contributed by atoms with E-state index in [1.165, 1.54) is 7.11 Å². The number of esters is 1. The Labute approximate surface area is 178 Å². The normalized spacial score (nSPS) is 24.5. The van der Waals surface area contributed by atoms with Gasteiger partial charge in [0.25, 0.3) is 0 Å². The average Bonchev–Trinajstić information content (AvgIpc) is 2.64.